The van der Waals surface area contributed by atoms with Gasteiger partial charge >= 0.3 is 6.09 Å². The van der Waals surface area contributed by atoms with Crippen molar-refractivity contribution >= 4 is 17.7 Å². The second-order valence-electron chi connectivity index (χ2n) is 10.6. The van der Waals surface area contributed by atoms with Crippen molar-refractivity contribution in [1.82, 2.24) is 9.80 Å². The lowest BCUT2D eigenvalue weighted by Crippen LogP contribution is -2.45. The fraction of sp³-hybridized carbons (Fsp3) is 0.680. The van der Waals surface area contributed by atoms with Gasteiger partial charge in [0.2, 0.25) is 5.91 Å². The van der Waals surface area contributed by atoms with E-state index in [9.17, 15) is 9.59 Å². The second-order valence-corrected chi connectivity index (χ2v) is 10.6. The van der Waals surface area contributed by atoms with Crippen molar-refractivity contribution in [2.45, 2.75) is 70.7 Å². The lowest BCUT2D eigenvalue weighted by atomic mass is 9.97. The molecule has 8 heteroatoms. The van der Waals surface area contributed by atoms with Gasteiger partial charge in [0.15, 0.2) is 11.5 Å². The Morgan fingerprint density at radius 3 is 2.64 bits per heavy atom. The van der Waals surface area contributed by atoms with Crippen LogP contribution in [0.1, 0.15) is 59.3 Å². The first-order valence-corrected chi connectivity index (χ1v) is 12.1. The summed E-state index contributed by atoms with van der Waals surface area (Å²) in [5.74, 6) is 1.23. The summed E-state index contributed by atoms with van der Waals surface area (Å²) in [5, 5.41) is 3.00. The molecule has 33 heavy (non-hydrogen) atoms. The Morgan fingerprint density at radius 2 is 1.91 bits per heavy atom. The Bertz CT molecular complexity index is 875. The molecule has 1 atom stereocenters. The number of ether oxygens (including phenoxy) is 3. The molecule has 1 N–H and O–H groups in total. The molecule has 1 saturated heterocycles. The van der Waals surface area contributed by atoms with Crippen LogP contribution >= 0.6 is 0 Å². The summed E-state index contributed by atoms with van der Waals surface area (Å²) in [6.45, 7) is 8.21. The van der Waals surface area contributed by atoms with Crippen LogP contribution < -0.4 is 14.8 Å². The first-order chi connectivity index (χ1) is 15.6. The lowest BCUT2D eigenvalue weighted by Gasteiger charge is -2.34. The van der Waals surface area contributed by atoms with E-state index in [0.29, 0.717) is 24.8 Å². The van der Waals surface area contributed by atoms with Crippen molar-refractivity contribution in [3.05, 3.63) is 18.2 Å². The van der Waals surface area contributed by atoms with Gasteiger partial charge in [-0.1, -0.05) is 0 Å². The average molecular weight is 460 g/mol. The van der Waals surface area contributed by atoms with E-state index in [1.807, 2.05) is 39.0 Å². The van der Waals surface area contributed by atoms with Gasteiger partial charge in [0.1, 0.15) is 5.60 Å². The molecule has 1 saturated carbocycles. The van der Waals surface area contributed by atoms with E-state index in [0.717, 1.165) is 63.1 Å². The topological polar surface area (TPSA) is 80.3 Å². The number of rotatable bonds is 5. The third-order valence-electron chi connectivity index (χ3n) is 6.39. The predicted molar refractivity (Wildman–Crippen MR) is 126 cm³/mol. The van der Waals surface area contributed by atoms with E-state index in [4.69, 9.17) is 14.2 Å². The minimum Gasteiger partial charge on any atom is -0.448 e. The van der Waals surface area contributed by atoms with Crippen LogP contribution in [0.3, 0.4) is 0 Å². The highest BCUT2D eigenvalue weighted by atomic mass is 16.7. The van der Waals surface area contributed by atoms with Crippen LogP contribution in [0.4, 0.5) is 10.5 Å². The van der Waals surface area contributed by atoms with Crippen LogP contribution in [-0.2, 0) is 9.53 Å². The number of carbonyl (C=O) groups is 2. The Labute approximate surface area is 196 Å². The number of hydrogen-bond donors (Lipinski definition) is 1. The number of amides is 2. The highest BCUT2D eigenvalue weighted by Crippen LogP contribution is 2.47. The molecule has 1 unspecified atom stereocenters. The first kappa shape index (κ1) is 23.7. The standard InChI is InChI=1S/C25H37N3O5/c1-24(2,3)33-23(30)27(4)15-18-8-7-13-28(16-18)17-22(29)26-19-9-10-20-21(14-19)32-25(31-20)11-5-6-12-25/h9-10,14,18H,5-8,11-13,15-17H2,1-4H3,(H,26,29). The Hall–Kier alpha value is -2.48. The number of nitrogens with zero attached hydrogens (tertiary/aromatic N) is 2. The number of hydrogen-bond acceptors (Lipinski definition) is 6. The molecule has 8 nitrogen and oxygen atoms in total. The molecule has 2 fully saturated rings. The summed E-state index contributed by atoms with van der Waals surface area (Å²) in [5.41, 5.74) is 0.213. The highest BCUT2D eigenvalue weighted by molar-refractivity contribution is 5.92. The van der Waals surface area contributed by atoms with E-state index in [1.54, 1.807) is 11.9 Å². The molecular weight excluding hydrogens is 422 g/mol. The van der Waals surface area contributed by atoms with Gasteiger partial charge in [-0.3, -0.25) is 9.69 Å². The molecule has 3 aliphatic rings. The van der Waals surface area contributed by atoms with Crippen LogP contribution in [0.25, 0.3) is 0 Å². The number of carbonyl (C=O) groups excluding carboxylic acids is 2. The van der Waals surface area contributed by atoms with E-state index in [2.05, 4.69) is 10.2 Å². The number of anilines is 1. The third-order valence-corrected chi connectivity index (χ3v) is 6.39. The van der Waals surface area contributed by atoms with Crippen LogP contribution in [0.2, 0.25) is 0 Å². The molecule has 1 aromatic carbocycles. The van der Waals surface area contributed by atoms with Gasteiger partial charge in [-0.05, 0) is 71.0 Å². The Morgan fingerprint density at radius 1 is 1.18 bits per heavy atom. The van der Waals surface area contributed by atoms with Crippen molar-refractivity contribution in [2.75, 3.05) is 38.5 Å². The van der Waals surface area contributed by atoms with Crippen molar-refractivity contribution in [2.24, 2.45) is 5.92 Å². The maximum atomic E-state index is 12.7. The van der Waals surface area contributed by atoms with Gasteiger partial charge in [-0.25, -0.2) is 4.79 Å². The number of piperidine rings is 1. The number of likely N-dealkylation sites (tertiary alicyclic amines) is 1. The molecule has 1 aromatic rings. The minimum atomic E-state index is -0.506. The quantitative estimate of drug-likeness (QED) is 0.709. The van der Waals surface area contributed by atoms with Crippen LogP contribution in [0.5, 0.6) is 11.5 Å². The number of nitrogens with one attached hydrogen (secondary N) is 1. The highest BCUT2D eigenvalue weighted by Gasteiger charge is 2.44. The zero-order valence-electron chi connectivity index (χ0n) is 20.3. The molecule has 4 rings (SSSR count). The molecule has 182 valence electrons. The van der Waals surface area contributed by atoms with Crippen molar-refractivity contribution in [3.63, 3.8) is 0 Å². The van der Waals surface area contributed by atoms with Gasteiger partial charge in [0.05, 0.1) is 6.54 Å². The van der Waals surface area contributed by atoms with Crippen molar-refractivity contribution in [3.8, 4) is 11.5 Å². The van der Waals surface area contributed by atoms with Crippen molar-refractivity contribution in [1.29, 1.82) is 0 Å². The Balaban J connectivity index is 1.26. The number of fused-ring (bicyclic) bond motifs is 1. The van der Waals surface area contributed by atoms with Gasteiger partial charge in [-0.15, -0.1) is 0 Å². The van der Waals surface area contributed by atoms with E-state index >= 15 is 0 Å². The van der Waals surface area contributed by atoms with E-state index in [-0.39, 0.29) is 12.0 Å². The fourth-order valence-electron chi connectivity index (χ4n) is 4.94. The third kappa shape index (κ3) is 6.10. The summed E-state index contributed by atoms with van der Waals surface area (Å²) < 4.78 is 17.6. The largest absolute Gasteiger partial charge is 0.448 e. The van der Waals surface area contributed by atoms with Gasteiger partial charge in [0, 0.05) is 44.7 Å². The normalized spacial score (nSPS) is 21.8. The SMILES string of the molecule is CN(CC1CCCN(CC(=O)Nc2ccc3c(c2)OC2(CCCC2)O3)C1)C(=O)OC(C)(C)C. The summed E-state index contributed by atoms with van der Waals surface area (Å²) in [4.78, 5) is 28.8. The Kier molecular flexibility index (Phi) is 6.75. The molecule has 0 bridgehead atoms. The monoisotopic (exact) mass is 459 g/mol. The fourth-order valence-corrected chi connectivity index (χ4v) is 4.94. The summed E-state index contributed by atoms with van der Waals surface area (Å²) in [6, 6.07) is 5.60. The van der Waals surface area contributed by atoms with Crippen LogP contribution in [-0.4, -0.2) is 66.4 Å². The zero-order valence-corrected chi connectivity index (χ0v) is 20.3. The molecule has 0 aromatic heterocycles. The maximum absolute atomic E-state index is 12.7. The van der Waals surface area contributed by atoms with E-state index in [1.165, 1.54) is 0 Å². The molecule has 2 aliphatic heterocycles. The summed E-state index contributed by atoms with van der Waals surface area (Å²) in [6.07, 6.45) is 5.77. The van der Waals surface area contributed by atoms with Crippen LogP contribution in [0.15, 0.2) is 18.2 Å². The summed E-state index contributed by atoms with van der Waals surface area (Å²) >= 11 is 0. The molecule has 2 amide bonds. The van der Waals surface area contributed by atoms with Crippen LogP contribution in [0, 0.1) is 5.92 Å². The van der Waals surface area contributed by atoms with Crippen molar-refractivity contribution < 1.29 is 23.8 Å². The van der Waals surface area contributed by atoms with Gasteiger partial charge < -0.3 is 24.4 Å². The van der Waals surface area contributed by atoms with Gasteiger partial charge in [0.25, 0.3) is 5.79 Å². The lowest BCUT2D eigenvalue weighted by molar-refractivity contribution is -0.117. The van der Waals surface area contributed by atoms with E-state index < -0.39 is 11.4 Å². The molecule has 1 aliphatic carbocycles. The molecule has 2 heterocycles. The molecule has 1 spiro atoms. The minimum absolute atomic E-state index is 0.0504. The molecule has 0 radical (unpaired) electrons. The summed E-state index contributed by atoms with van der Waals surface area (Å²) in [7, 11) is 1.77. The number of benzene rings is 1. The predicted octanol–water partition coefficient (Wildman–Crippen LogP) is 4.25. The first-order valence-electron chi connectivity index (χ1n) is 12.1. The zero-order chi connectivity index (χ0) is 23.6. The molecular formula is C25H37N3O5. The van der Waals surface area contributed by atoms with Gasteiger partial charge in [-0.2, -0.15) is 0 Å². The smallest absolute Gasteiger partial charge is 0.410 e. The second kappa shape index (κ2) is 9.41. The maximum Gasteiger partial charge on any atom is 0.410 e. The average Bonchev–Trinajstić information content (AvgIpc) is 3.32.